The molecule has 2 saturated heterocycles. The lowest BCUT2D eigenvalue weighted by molar-refractivity contribution is -0.137. The van der Waals surface area contributed by atoms with Crippen LogP contribution in [0.3, 0.4) is 0 Å². The standard InChI is InChI=1S/C39H42F3N7O4/c1-47(17-18-48-19-21-53-22-20-48)38(52)34-10-6-9-33(45-34)37(51)46-32-12-11-30(49-15-3-2-4-16-49)25-31(32)35-24-28(13-14-43-35)36(50)44-26-27-7-5-8-29(23-27)39(40,41)42/h5-14,23-25H,2-4,15-22,26H2,1H3,(H,44,50)(H,46,51). The van der Waals surface area contributed by atoms with Gasteiger partial charge >= 0.3 is 6.18 Å². The highest BCUT2D eigenvalue weighted by atomic mass is 19.4. The smallest absolute Gasteiger partial charge is 0.379 e. The number of carbonyl (C=O) groups excluding carboxylic acids is 3. The molecule has 4 heterocycles. The van der Waals surface area contributed by atoms with Gasteiger partial charge < -0.3 is 25.2 Å². The van der Waals surface area contributed by atoms with E-state index >= 15 is 0 Å². The predicted octanol–water partition coefficient (Wildman–Crippen LogP) is 5.74. The minimum Gasteiger partial charge on any atom is -0.379 e. The summed E-state index contributed by atoms with van der Waals surface area (Å²) >= 11 is 0. The van der Waals surface area contributed by atoms with Crippen molar-refractivity contribution >= 4 is 29.1 Å². The van der Waals surface area contributed by atoms with Crippen LogP contribution in [0.25, 0.3) is 11.3 Å². The Morgan fingerprint density at radius 3 is 2.40 bits per heavy atom. The average molecular weight is 730 g/mol. The number of nitrogens with one attached hydrogen (secondary N) is 2. The predicted molar refractivity (Wildman–Crippen MR) is 195 cm³/mol. The Balaban J connectivity index is 1.20. The molecule has 2 aromatic carbocycles. The highest BCUT2D eigenvalue weighted by molar-refractivity contribution is 6.06. The molecule has 0 radical (unpaired) electrons. The molecule has 0 spiro atoms. The van der Waals surface area contributed by atoms with Crippen LogP contribution in [0.15, 0.2) is 79.0 Å². The maximum Gasteiger partial charge on any atom is 0.416 e. The quantitative estimate of drug-likeness (QED) is 0.201. The Morgan fingerprint density at radius 1 is 0.868 bits per heavy atom. The van der Waals surface area contributed by atoms with Gasteiger partial charge in [-0.1, -0.05) is 18.2 Å². The number of benzene rings is 2. The average Bonchev–Trinajstić information content (AvgIpc) is 3.19. The van der Waals surface area contributed by atoms with E-state index in [9.17, 15) is 27.6 Å². The van der Waals surface area contributed by atoms with Gasteiger partial charge in [-0.2, -0.15) is 13.2 Å². The van der Waals surface area contributed by atoms with E-state index in [1.807, 2.05) is 12.1 Å². The third-order valence-corrected chi connectivity index (χ3v) is 9.38. The lowest BCUT2D eigenvalue weighted by Gasteiger charge is -2.29. The molecule has 2 aliphatic rings. The number of pyridine rings is 2. The first-order valence-electron chi connectivity index (χ1n) is 17.7. The van der Waals surface area contributed by atoms with Crippen molar-refractivity contribution in [2.75, 3.05) is 69.7 Å². The number of hydrogen-bond acceptors (Lipinski definition) is 8. The van der Waals surface area contributed by atoms with E-state index in [-0.39, 0.29) is 29.4 Å². The molecular weight excluding hydrogens is 687 g/mol. The maximum atomic E-state index is 13.7. The van der Waals surface area contributed by atoms with Crippen molar-refractivity contribution in [1.29, 1.82) is 0 Å². The Bertz CT molecular complexity index is 1930. The number of aromatic nitrogens is 2. The summed E-state index contributed by atoms with van der Waals surface area (Å²) in [5.41, 5.74) is 2.28. The summed E-state index contributed by atoms with van der Waals surface area (Å²) < 4.78 is 45.0. The first-order valence-corrected chi connectivity index (χ1v) is 17.7. The molecule has 6 rings (SSSR count). The van der Waals surface area contributed by atoms with Crippen molar-refractivity contribution in [3.8, 4) is 11.3 Å². The topological polar surface area (TPSA) is 120 Å². The summed E-state index contributed by atoms with van der Waals surface area (Å²) in [5.74, 6) is -1.33. The van der Waals surface area contributed by atoms with Crippen LogP contribution in [0.1, 0.15) is 61.7 Å². The van der Waals surface area contributed by atoms with Gasteiger partial charge in [-0.05, 0) is 79.4 Å². The molecule has 0 bridgehead atoms. The SMILES string of the molecule is CN(CCN1CCOCC1)C(=O)c1cccc(C(=O)Nc2ccc(N3CCCCC3)cc2-c2cc(C(=O)NCc3cccc(C(F)(F)F)c3)ccn2)n1. The van der Waals surface area contributed by atoms with E-state index in [1.165, 1.54) is 30.5 Å². The summed E-state index contributed by atoms with van der Waals surface area (Å²) in [6.45, 7) is 5.81. The third kappa shape index (κ3) is 9.76. The second kappa shape index (κ2) is 17.0. The number of morpholine rings is 1. The molecule has 2 aliphatic heterocycles. The molecule has 2 N–H and O–H groups in total. The highest BCUT2D eigenvalue weighted by Crippen LogP contribution is 2.33. The summed E-state index contributed by atoms with van der Waals surface area (Å²) in [4.78, 5) is 55.1. The van der Waals surface area contributed by atoms with Crippen LogP contribution >= 0.6 is 0 Å². The number of nitrogens with zero attached hydrogens (tertiary/aromatic N) is 5. The second-order valence-corrected chi connectivity index (χ2v) is 13.1. The Labute approximate surface area is 306 Å². The molecule has 2 fully saturated rings. The van der Waals surface area contributed by atoms with E-state index < -0.39 is 23.6 Å². The van der Waals surface area contributed by atoms with Crippen LogP contribution in [-0.4, -0.2) is 97.0 Å². The van der Waals surface area contributed by atoms with Gasteiger partial charge in [0, 0.05) is 75.9 Å². The van der Waals surface area contributed by atoms with Crippen LogP contribution in [-0.2, 0) is 17.5 Å². The minimum absolute atomic E-state index is 0.0548. The number of hydrogen-bond donors (Lipinski definition) is 2. The van der Waals surface area contributed by atoms with Crippen LogP contribution in [0, 0.1) is 0 Å². The largest absolute Gasteiger partial charge is 0.416 e. The van der Waals surface area contributed by atoms with Gasteiger partial charge in [-0.15, -0.1) is 0 Å². The molecule has 0 atom stereocenters. The van der Waals surface area contributed by atoms with Crippen molar-refractivity contribution in [2.24, 2.45) is 0 Å². The van der Waals surface area contributed by atoms with Crippen molar-refractivity contribution in [3.63, 3.8) is 0 Å². The van der Waals surface area contributed by atoms with Gasteiger partial charge in [-0.3, -0.25) is 24.3 Å². The van der Waals surface area contributed by atoms with Gasteiger partial charge in [0.15, 0.2) is 0 Å². The molecule has 53 heavy (non-hydrogen) atoms. The summed E-state index contributed by atoms with van der Waals surface area (Å²) in [7, 11) is 1.71. The molecule has 2 aromatic heterocycles. The van der Waals surface area contributed by atoms with E-state index in [4.69, 9.17) is 4.74 Å². The fourth-order valence-corrected chi connectivity index (χ4v) is 6.34. The number of rotatable bonds is 11. The number of piperidine rings is 1. The second-order valence-electron chi connectivity index (χ2n) is 13.1. The van der Waals surface area contributed by atoms with Crippen LogP contribution in [0.4, 0.5) is 24.5 Å². The van der Waals surface area contributed by atoms with Crippen molar-refractivity contribution in [1.82, 2.24) is 25.1 Å². The van der Waals surface area contributed by atoms with E-state index in [0.717, 1.165) is 63.3 Å². The van der Waals surface area contributed by atoms with Gasteiger partial charge in [-0.25, -0.2) is 4.98 Å². The Morgan fingerprint density at radius 2 is 1.62 bits per heavy atom. The molecule has 278 valence electrons. The van der Waals surface area contributed by atoms with Gasteiger partial charge in [0.25, 0.3) is 17.7 Å². The molecule has 0 saturated carbocycles. The third-order valence-electron chi connectivity index (χ3n) is 9.38. The highest BCUT2D eigenvalue weighted by Gasteiger charge is 2.30. The number of alkyl halides is 3. The summed E-state index contributed by atoms with van der Waals surface area (Å²) in [6, 6.07) is 18.3. The Hall–Kier alpha value is -5.34. The van der Waals surface area contributed by atoms with E-state index in [1.54, 1.807) is 36.2 Å². The molecular formula is C39H42F3N7O4. The van der Waals surface area contributed by atoms with Crippen molar-refractivity contribution in [3.05, 3.63) is 107 Å². The van der Waals surface area contributed by atoms with E-state index in [2.05, 4.69) is 30.4 Å². The fraction of sp³-hybridized carbons (Fsp3) is 0.359. The van der Waals surface area contributed by atoms with Crippen LogP contribution < -0.4 is 15.5 Å². The Kier molecular flexibility index (Phi) is 12.0. The first-order chi connectivity index (χ1) is 25.5. The van der Waals surface area contributed by atoms with Crippen LogP contribution in [0.5, 0.6) is 0 Å². The number of anilines is 2. The molecule has 0 unspecified atom stereocenters. The van der Waals surface area contributed by atoms with Crippen LogP contribution in [0.2, 0.25) is 0 Å². The number of halogens is 3. The number of ether oxygens (including phenoxy) is 1. The summed E-state index contributed by atoms with van der Waals surface area (Å²) in [5, 5.41) is 5.63. The van der Waals surface area contributed by atoms with Crippen molar-refractivity contribution in [2.45, 2.75) is 32.0 Å². The zero-order valence-corrected chi connectivity index (χ0v) is 29.5. The normalized spacial score (nSPS) is 15.1. The maximum absolute atomic E-state index is 13.7. The molecule has 11 nitrogen and oxygen atoms in total. The zero-order valence-electron chi connectivity index (χ0n) is 29.5. The molecule has 4 aromatic rings. The number of amides is 3. The van der Waals surface area contributed by atoms with Gasteiger partial charge in [0.2, 0.25) is 0 Å². The first kappa shape index (κ1) is 37.4. The lowest BCUT2D eigenvalue weighted by atomic mass is 10.0. The van der Waals surface area contributed by atoms with E-state index in [0.29, 0.717) is 48.8 Å². The monoisotopic (exact) mass is 729 g/mol. The van der Waals surface area contributed by atoms with Gasteiger partial charge in [0.1, 0.15) is 11.4 Å². The zero-order chi connectivity index (χ0) is 37.4. The minimum atomic E-state index is -4.49. The molecule has 14 heteroatoms. The summed E-state index contributed by atoms with van der Waals surface area (Å²) in [6.07, 6.45) is 0.231. The number of likely N-dealkylation sites (N-methyl/N-ethyl adjacent to an activating group) is 1. The fourth-order valence-electron chi connectivity index (χ4n) is 6.34. The lowest BCUT2D eigenvalue weighted by Crippen LogP contribution is -2.42. The molecule has 0 aliphatic carbocycles. The van der Waals surface area contributed by atoms with Crippen molar-refractivity contribution < 1.29 is 32.3 Å². The number of carbonyl (C=O) groups is 3. The van der Waals surface area contributed by atoms with Gasteiger partial charge in [0.05, 0.1) is 30.2 Å². The molecule has 3 amide bonds.